The van der Waals surface area contributed by atoms with Gasteiger partial charge in [-0.05, 0) is 54.5 Å². The van der Waals surface area contributed by atoms with Gasteiger partial charge in [-0.3, -0.25) is 0 Å². The molecule has 1 unspecified atom stereocenters. The Hall–Kier alpha value is -3.03. The Morgan fingerprint density at radius 2 is 1.96 bits per heavy atom. The minimum Gasteiger partial charge on any atom is -0.353 e. The predicted molar refractivity (Wildman–Crippen MR) is 99.6 cm³/mol. The van der Waals surface area contributed by atoms with Crippen molar-refractivity contribution in [1.29, 1.82) is 0 Å². The summed E-state index contributed by atoms with van der Waals surface area (Å²) in [5.41, 5.74) is 2.17. The molecule has 0 spiro atoms. The van der Waals surface area contributed by atoms with E-state index in [-0.39, 0.29) is 0 Å². The Balaban J connectivity index is 1.55. The smallest absolute Gasteiger partial charge is 0.250 e. The molecule has 0 saturated carbocycles. The number of benzene rings is 1. The molecule has 1 aromatic carbocycles. The van der Waals surface area contributed by atoms with E-state index in [0.717, 1.165) is 43.4 Å². The molecule has 4 rings (SSSR count). The molecular formula is C18H22N8. The van der Waals surface area contributed by atoms with Crippen molar-refractivity contribution in [3.05, 3.63) is 48.2 Å². The van der Waals surface area contributed by atoms with Gasteiger partial charge in [0.2, 0.25) is 5.95 Å². The molecule has 1 atom stereocenters. The average molecular weight is 350 g/mol. The van der Waals surface area contributed by atoms with Crippen molar-refractivity contribution in [2.45, 2.75) is 25.8 Å². The number of aryl methyl sites for hydroxylation is 1. The fourth-order valence-corrected chi connectivity index (χ4v) is 3.36. The van der Waals surface area contributed by atoms with Crippen molar-refractivity contribution in [2.75, 3.05) is 29.9 Å². The van der Waals surface area contributed by atoms with Crippen LogP contribution in [0.2, 0.25) is 0 Å². The van der Waals surface area contributed by atoms with Crippen LogP contribution in [0.4, 0.5) is 11.8 Å². The Kier molecular flexibility index (Phi) is 4.47. The molecular weight excluding hydrogens is 328 g/mol. The van der Waals surface area contributed by atoms with Crippen LogP contribution in [0, 0.1) is 6.92 Å². The van der Waals surface area contributed by atoms with Gasteiger partial charge in [0.1, 0.15) is 0 Å². The summed E-state index contributed by atoms with van der Waals surface area (Å²) in [4.78, 5) is 4.44. The van der Waals surface area contributed by atoms with Crippen LogP contribution in [0.1, 0.15) is 18.4 Å². The average Bonchev–Trinajstić information content (AvgIpc) is 3.18. The molecule has 0 radical (unpaired) electrons. The van der Waals surface area contributed by atoms with Crippen molar-refractivity contribution in [2.24, 2.45) is 0 Å². The van der Waals surface area contributed by atoms with Gasteiger partial charge in [-0.15, -0.1) is 5.10 Å². The zero-order valence-electron chi connectivity index (χ0n) is 15.0. The van der Waals surface area contributed by atoms with Crippen molar-refractivity contribution in [1.82, 2.24) is 30.4 Å². The zero-order valence-corrected chi connectivity index (χ0v) is 15.0. The van der Waals surface area contributed by atoms with Crippen LogP contribution in [-0.2, 0) is 0 Å². The molecule has 0 aliphatic carbocycles. The monoisotopic (exact) mass is 350 g/mol. The van der Waals surface area contributed by atoms with E-state index in [2.05, 4.69) is 61.6 Å². The minimum absolute atomic E-state index is 0.306. The van der Waals surface area contributed by atoms with E-state index in [1.807, 2.05) is 24.3 Å². The van der Waals surface area contributed by atoms with Crippen molar-refractivity contribution in [3.63, 3.8) is 0 Å². The highest BCUT2D eigenvalue weighted by Crippen LogP contribution is 2.23. The molecule has 1 aliphatic rings. The maximum Gasteiger partial charge on any atom is 0.250 e. The van der Waals surface area contributed by atoms with Crippen LogP contribution in [0.5, 0.6) is 0 Å². The van der Waals surface area contributed by atoms with Gasteiger partial charge in [-0.1, -0.05) is 22.8 Å². The largest absolute Gasteiger partial charge is 0.353 e. The maximum atomic E-state index is 4.27. The number of tetrazole rings is 1. The van der Waals surface area contributed by atoms with Crippen LogP contribution >= 0.6 is 0 Å². The second-order valence-corrected chi connectivity index (χ2v) is 6.66. The molecule has 1 fully saturated rings. The topological polar surface area (TPSA) is 75.9 Å². The Bertz CT molecular complexity index is 845. The number of piperidine rings is 1. The highest BCUT2D eigenvalue weighted by molar-refractivity contribution is 5.44. The van der Waals surface area contributed by atoms with Gasteiger partial charge >= 0.3 is 0 Å². The molecule has 8 nitrogen and oxygen atoms in total. The molecule has 1 aliphatic heterocycles. The first-order valence-corrected chi connectivity index (χ1v) is 8.83. The molecule has 0 N–H and O–H groups in total. The van der Waals surface area contributed by atoms with E-state index in [9.17, 15) is 0 Å². The molecule has 2 aromatic heterocycles. The summed E-state index contributed by atoms with van der Waals surface area (Å²) in [6, 6.07) is 12.4. The Morgan fingerprint density at radius 1 is 1.12 bits per heavy atom. The molecule has 8 heteroatoms. The predicted octanol–water partition coefficient (Wildman–Crippen LogP) is 1.87. The zero-order chi connectivity index (χ0) is 17.9. The second-order valence-electron chi connectivity index (χ2n) is 6.66. The Labute approximate surface area is 152 Å². The molecule has 3 heterocycles. The third kappa shape index (κ3) is 3.22. The van der Waals surface area contributed by atoms with E-state index in [1.165, 1.54) is 5.56 Å². The number of hydrogen-bond donors (Lipinski definition) is 0. The van der Waals surface area contributed by atoms with Crippen LogP contribution < -0.4 is 9.80 Å². The normalized spacial score (nSPS) is 17.3. The summed E-state index contributed by atoms with van der Waals surface area (Å²) in [6.45, 7) is 3.93. The molecule has 134 valence electrons. The van der Waals surface area contributed by atoms with E-state index in [1.54, 1.807) is 10.9 Å². The van der Waals surface area contributed by atoms with Gasteiger partial charge in [0.05, 0.1) is 5.69 Å². The lowest BCUT2D eigenvalue weighted by molar-refractivity contribution is 0.478. The number of hydrogen-bond acceptors (Lipinski definition) is 7. The molecule has 0 amide bonds. The fourth-order valence-electron chi connectivity index (χ4n) is 3.36. The fraction of sp³-hybridized carbons (Fsp3) is 0.389. The molecule has 26 heavy (non-hydrogen) atoms. The summed E-state index contributed by atoms with van der Waals surface area (Å²) in [5, 5.41) is 20.6. The lowest BCUT2D eigenvalue weighted by Crippen LogP contribution is -2.47. The SMILES string of the molecule is Cc1ccc(-n2nnnc2N(C)C2CCCN(c3cccnn3)C2)cc1. The van der Waals surface area contributed by atoms with E-state index >= 15 is 0 Å². The van der Waals surface area contributed by atoms with Crippen LogP contribution in [0.3, 0.4) is 0 Å². The lowest BCUT2D eigenvalue weighted by atomic mass is 10.0. The molecule has 1 saturated heterocycles. The third-order valence-electron chi connectivity index (χ3n) is 4.87. The van der Waals surface area contributed by atoms with Crippen LogP contribution in [0.25, 0.3) is 5.69 Å². The lowest BCUT2D eigenvalue weighted by Gasteiger charge is -2.38. The second kappa shape index (κ2) is 7.07. The van der Waals surface area contributed by atoms with Crippen molar-refractivity contribution in [3.8, 4) is 5.69 Å². The number of nitrogens with zero attached hydrogens (tertiary/aromatic N) is 8. The van der Waals surface area contributed by atoms with Gasteiger partial charge in [0.15, 0.2) is 5.82 Å². The summed E-state index contributed by atoms with van der Waals surface area (Å²) in [5.74, 6) is 1.67. The first-order chi connectivity index (χ1) is 12.7. The van der Waals surface area contributed by atoms with E-state index < -0.39 is 0 Å². The number of rotatable bonds is 4. The number of aromatic nitrogens is 6. The molecule has 3 aromatic rings. The van der Waals surface area contributed by atoms with Gasteiger partial charge < -0.3 is 9.80 Å². The van der Waals surface area contributed by atoms with Gasteiger partial charge in [-0.2, -0.15) is 9.78 Å². The van der Waals surface area contributed by atoms with Crippen LogP contribution in [0.15, 0.2) is 42.6 Å². The van der Waals surface area contributed by atoms with E-state index in [0.29, 0.717) is 6.04 Å². The van der Waals surface area contributed by atoms with E-state index in [4.69, 9.17) is 0 Å². The summed E-state index contributed by atoms with van der Waals surface area (Å²) in [7, 11) is 2.06. The summed E-state index contributed by atoms with van der Waals surface area (Å²) in [6.07, 6.45) is 3.89. The standard InChI is InChI=1S/C18H22N8/c1-14-7-9-15(10-8-14)26-18(21-22-23-26)24(2)16-5-4-12-25(13-16)17-6-3-11-19-20-17/h3,6-11,16H,4-5,12-13H2,1-2H3. The maximum absolute atomic E-state index is 4.27. The number of anilines is 2. The van der Waals surface area contributed by atoms with Gasteiger partial charge in [0.25, 0.3) is 0 Å². The summed E-state index contributed by atoms with van der Waals surface area (Å²) < 4.78 is 1.79. The quantitative estimate of drug-likeness (QED) is 0.711. The number of likely N-dealkylation sites (N-methyl/N-ethyl adjacent to an activating group) is 1. The van der Waals surface area contributed by atoms with Gasteiger partial charge in [-0.25, -0.2) is 0 Å². The third-order valence-corrected chi connectivity index (χ3v) is 4.87. The highest BCUT2D eigenvalue weighted by atomic mass is 15.6. The Morgan fingerprint density at radius 3 is 2.73 bits per heavy atom. The van der Waals surface area contributed by atoms with Gasteiger partial charge in [0, 0.05) is 32.4 Å². The van der Waals surface area contributed by atoms with Crippen LogP contribution in [-0.4, -0.2) is 56.6 Å². The summed E-state index contributed by atoms with van der Waals surface area (Å²) >= 11 is 0. The highest BCUT2D eigenvalue weighted by Gasteiger charge is 2.27. The minimum atomic E-state index is 0.306. The molecule has 0 bridgehead atoms. The first-order valence-electron chi connectivity index (χ1n) is 8.83. The van der Waals surface area contributed by atoms with Crippen molar-refractivity contribution < 1.29 is 0 Å². The van der Waals surface area contributed by atoms with Crippen molar-refractivity contribution >= 4 is 11.8 Å². The first kappa shape index (κ1) is 16.4.